The summed E-state index contributed by atoms with van der Waals surface area (Å²) in [5, 5.41) is 11.4. The molecule has 1 aromatic heterocycles. The maximum Gasteiger partial charge on any atom is 0.270 e. The van der Waals surface area contributed by atoms with Crippen molar-refractivity contribution in [1.82, 2.24) is 9.47 Å². The Morgan fingerprint density at radius 2 is 1.91 bits per heavy atom. The molecule has 0 fully saturated rings. The van der Waals surface area contributed by atoms with E-state index in [0.29, 0.717) is 24.0 Å². The Hall–Kier alpha value is -2.70. The molecule has 0 spiro atoms. The number of carbonyl (C=O) groups is 1. The third kappa shape index (κ3) is 2.98. The number of nitro benzene ring substituents is 1. The minimum absolute atomic E-state index is 0.0484. The topological polar surface area (TPSA) is 85.5 Å². The van der Waals surface area contributed by atoms with Crippen molar-refractivity contribution in [3.05, 3.63) is 50.8 Å². The fourth-order valence-electron chi connectivity index (χ4n) is 2.38. The molecule has 0 aliphatic rings. The quantitative estimate of drug-likeness (QED) is 0.622. The van der Waals surface area contributed by atoms with Crippen LogP contribution in [0.3, 0.4) is 0 Å². The summed E-state index contributed by atoms with van der Waals surface area (Å²) in [4.78, 5) is 36.2. The highest BCUT2D eigenvalue weighted by Crippen LogP contribution is 2.19. The Kier molecular flexibility index (Phi) is 4.55. The van der Waals surface area contributed by atoms with Gasteiger partial charge in [-0.2, -0.15) is 0 Å². The second-order valence-electron chi connectivity index (χ2n) is 4.82. The van der Waals surface area contributed by atoms with E-state index in [1.165, 1.54) is 34.9 Å². The van der Waals surface area contributed by atoms with E-state index in [1.54, 1.807) is 4.90 Å². The second kappa shape index (κ2) is 6.38. The van der Waals surface area contributed by atoms with Gasteiger partial charge in [0.2, 0.25) is 5.91 Å². The average Bonchev–Trinajstić information content (AvgIpc) is 2.50. The lowest BCUT2D eigenvalue weighted by Crippen LogP contribution is -2.36. The van der Waals surface area contributed by atoms with E-state index < -0.39 is 4.92 Å². The van der Waals surface area contributed by atoms with E-state index in [4.69, 9.17) is 0 Å². The Morgan fingerprint density at radius 3 is 2.50 bits per heavy atom. The molecule has 0 atom stereocenters. The van der Waals surface area contributed by atoms with Crippen LogP contribution in [0.15, 0.2) is 35.1 Å². The number of fused-ring (bicyclic) bond motifs is 1. The van der Waals surface area contributed by atoms with Crippen LogP contribution in [0.2, 0.25) is 0 Å². The van der Waals surface area contributed by atoms with Crippen molar-refractivity contribution in [3.63, 3.8) is 0 Å². The van der Waals surface area contributed by atoms with Crippen LogP contribution in [0.4, 0.5) is 5.69 Å². The SMILES string of the molecule is CCN(CC)C(=O)Cn1c(=O)ccc2cc([N+](=O)[O-])ccc21. The van der Waals surface area contributed by atoms with Crippen molar-refractivity contribution < 1.29 is 9.72 Å². The van der Waals surface area contributed by atoms with Gasteiger partial charge in [0.1, 0.15) is 6.54 Å². The molecule has 0 radical (unpaired) electrons. The zero-order chi connectivity index (χ0) is 16.3. The zero-order valence-electron chi connectivity index (χ0n) is 12.5. The summed E-state index contributed by atoms with van der Waals surface area (Å²) in [5.74, 6) is -0.155. The van der Waals surface area contributed by atoms with Gasteiger partial charge in [-0.25, -0.2) is 0 Å². The summed E-state index contributed by atoms with van der Waals surface area (Å²) in [5.41, 5.74) is 0.160. The maximum absolute atomic E-state index is 12.2. The van der Waals surface area contributed by atoms with Crippen LogP contribution in [-0.4, -0.2) is 33.4 Å². The lowest BCUT2D eigenvalue weighted by atomic mass is 10.2. The van der Waals surface area contributed by atoms with E-state index in [2.05, 4.69) is 0 Å². The number of amides is 1. The number of hydrogen-bond acceptors (Lipinski definition) is 4. The molecule has 2 aromatic rings. The van der Waals surface area contributed by atoms with Crippen LogP contribution >= 0.6 is 0 Å². The van der Waals surface area contributed by atoms with Gasteiger partial charge in [0.05, 0.1) is 10.4 Å². The number of rotatable bonds is 5. The Labute approximate surface area is 126 Å². The molecule has 0 aliphatic carbocycles. The van der Waals surface area contributed by atoms with E-state index in [-0.39, 0.29) is 23.7 Å². The molecule has 7 nitrogen and oxygen atoms in total. The van der Waals surface area contributed by atoms with Gasteiger partial charge >= 0.3 is 0 Å². The summed E-state index contributed by atoms with van der Waals surface area (Å²) < 4.78 is 1.35. The third-order valence-electron chi connectivity index (χ3n) is 3.59. The highest BCUT2D eigenvalue weighted by atomic mass is 16.6. The molecule has 0 N–H and O–H groups in total. The molecule has 1 aromatic carbocycles. The van der Waals surface area contributed by atoms with Crippen LogP contribution in [0.5, 0.6) is 0 Å². The smallest absolute Gasteiger partial charge is 0.270 e. The van der Waals surface area contributed by atoms with Crippen LogP contribution in [0.1, 0.15) is 13.8 Å². The van der Waals surface area contributed by atoms with Crippen molar-refractivity contribution in [3.8, 4) is 0 Å². The third-order valence-corrected chi connectivity index (χ3v) is 3.59. The van der Waals surface area contributed by atoms with E-state index in [0.717, 1.165) is 0 Å². The van der Waals surface area contributed by atoms with Crippen molar-refractivity contribution in [2.45, 2.75) is 20.4 Å². The predicted octanol–water partition coefficient (Wildman–Crippen LogP) is 1.78. The molecule has 0 unspecified atom stereocenters. The Morgan fingerprint density at radius 1 is 1.23 bits per heavy atom. The first-order valence-electron chi connectivity index (χ1n) is 7.03. The van der Waals surface area contributed by atoms with Crippen molar-refractivity contribution >= 4 is 22.5 Å². The molecule has 7 heteroatoms. The van der Waals surface area contributed by atoms with E-state index >= 15 is 0 Å². The lowest BCUT2D eigenvalue weighted by Gasteiger charge is -2.19. The van der Waals surface area contributed by atoms with Gasteiger partial charge in [-0.15, -0.1) is 0 Å². The molecular weight excluding hydrogens is 286 g/mol. The number of nitrogens with zero attached hydrogens (tertiary/aromatic N) is 3. The fraction of sp³-hybridized carbons (Fsp3) is 0.333. The van der Waals surface area contributed by atoms with Crippen molar-refractivity contribution in [2.24, 2.45) is 0 Å². The van der Waals surface area contributed by atoms with Gasteiger partial charge in [0, 0.05) is 36.7 Å². The first kappa shape index (κ1) is 15.7. The number of likely N-dealkylation sites (N-methyl/N-ethyl adjacent to an activating group) is 1. The van der Waals surface area contributed by atoms with E-state index in [1.807, 2.05) is 13.8 Å². The highest BCUT2D eigenvalue weighted by Gasteiger charge is 2.14. The summed E-state index contributed by atoms with van der Waals surface area (Å²) in [7, 11) is 0. The fourth-order valence-corrected chi connectivity index (χ4v) is 2.38. The van der Waals surface area contributed by atoms with Gasteiger partial charge in [-0.3, -0.25) is 24.3 Å². The van der Waals surface area contributed by atoms with Gasteiger partial charge in [0.15, 0.2) is 0 Å². The Balaban J connectivity index is 2.49. The summed E-state index contributed by atoms with van der Waals surface area (Å²) in [6, 6.07) is 7.09. The predicted molar refractivity (Wildman–Crippen MR) is 82.8 cm³/mol. The van der Waals surface area contributed by atoms with Gasteiger partial charge < -0.3 is 4.90 Å². The average molecular weight is 303 g/mol. The normalized spacial score (nSPS) is 10.6. The molecule has 0 saturated heterocycles. The molecule has 1 heterocycles. The molecular formula is C15H17N3O4. The number of aromatic nitrogens is 1. The Bertz CT molecular complexity index is 778. The van der Waals surface area contributed by atoms with Crippen LogP contribution in [0, 0.1) is 10.1 Å². The van der Waals surface area contributed by atoms with Gasteiger partial charge in [-0.05, 0) is 26.0 Å². The monoisotopic (exact) mass is 303 g/mol. The molecule has 0 aliphatic heterocycles. The van der Waals surface area contributed by atoms with Gasteiger partial charge in [0.25, 0.3) is 11.2 Å². The number of nitro groups is 1. The largest absolute Gasteiger partial charge is 0.342 e. The molecule has 1 amide bonds. The summed E-state index contributed by atoms with van der Waals surface area (Å²) in [6.45, 7) is 4.81. The minimum Gasteiger partial charge on any atom is -0.342 e. The first-order valence-corrected chi connectivity index (χ1v) is 7.03. The highest BCUT2D eigenvalue weighted by molar-refractivity contribution is 5.84. The molecule has 0 saturated carbocycles. The van der Waals surface area contributed by atoms with Crippen molar-refractivity contribution in [2.75, 3.05) is 13.1 Å². The van der Waals surface area contributed by atoms with Crippen LogP contribution in [-0.2, 0) is 11.3 Å². The summed E-state index contributed by atoms with van der Waals surface area (Å²) >= 11 is 0. The summed E-state index contributed by atoms with van der Waals surface area (Å²) in [6.07, 6.45) is 0. The van der Waals surface area contributed by atoms with Crippen LogP contribution in [0.25, 0.3) is 10.9 Å². The molecule has 116 valence electrons. The number of benzene rings is 1. The minimum atomic E-state index is -0.490. The first-order chi connectivity index (χ1) is 10.5. The lowest BCUT2D eigenvalue weighted by molar-refractivity contribution is -0.384. The van der Waals surface area contributed by atoms with Crippen LogP contribution < -0.4 is 5.56 Å². The molecule has 2 rings (SSSR count). The van der Waals surface area contributed by atoms with E-state index in [9.17, 15) is 19.7 Å². The molecule has 0 bridgehead atoms. The number of pyridine rings is 1. The number of hydrogen-bond donors (Lipinski definition) is 0. The molecule has 22 heavy (non-hydrogen) atoms. The standard InChI is InChI=1S/C15H17N3O4/c1-3-16(4-2)15(20)10-17-13-7-6-12(18(21)22)9-11(13)5-8-14(17)19/h5-9H,3-4,10H2,1-2H3. The van der Waals surface area contributed by atoms with Gasteiger partial charge in [-0.1, -0.05) is 0 Å². The maximum atomic E-state index is 12.2. The number of carbonyl (C=O) groups excluding carboxylic acids is 1. The second-order valence-corrected chi connectivity index (χ2v) is 4.82. The van der Waals surface area contributed by atoms with Crippen molar-refractivity contribution in [1.29, 1.82) is 0 Å². The zero-order valence-corrected chi connectivity index (χ0v) is 12.5. The number of non-ortho nitro benzene ring substituents is 1.